The molecule has 2 aromatic carbocycles. The van der Waals surface area contributed by atoms with E-state index in [1.807, 2.05) is 6.07 Å². The number of rotatable bonds is 4. The van der Waals surface area contributed by atoms with Crippen LogP contribution in [-0.2, 0) is 6.61 Å². The van der Waals surface area contributed by atoms with Crippen molar-refractivity contribution in [1.82, 2.24) is 0 Å². The molecule has 1 heterocycles. The van der Waals surface area contributed by atoms with Gasteiger partial charge >= 0.3 is 5.69 Å². The second-order valence-electron chi connectivity index (χ2n) is 4.43. The fraction of sp³-hybridized carbons (Fsp3) is 0.143. The number of para-hydroxylation sites is 1. The normalized spacial score (nSPS) is 12.2. The summed E-state index contributed by atoms with van der Waals surface area (Å²) in [6, 6.07) is 9.95. The summed E-state index contributed by atoms with van der Waals surface area (Å²) >= 11 is 0. The first kappa shape index (κ1) is 13.0. The van der Waals surface area contributed by atoms with Crippen molar-refractivity contribution in [3.05, 3.63) is 52.1 Å². The Hall–Kier alpha value is -2.96. The number of nitrogens with two attached hydrogens (primary N) is 1. The van der Waals surface area contributed by atoms with Crippen molar-refractivity contribution >= 4 is 11.4 Å². The zero-order valence-corrected chi connectivity index (χ0v) is 10.9. The summed E-state index contributed by atoms with van der Waals surface area (Å²) in [7, 11) is 0. The van der Waals surface area contributed by atoms with Crippen molar-refractivity contribution in [2.45, 2.75) is 6.61 Å². The van der Waals surface area contributed by atoms with Gasteiger partial charge in [0, 0.05) is 0 Å². The van der Waals surface area contributed by atoms with E-state index in [0.717, 1.165) is 5.56 Å². The predicted octanol–water partition coefficient (Wildman–Crippen LogP) is 2.48. The molecule has 0 unspecified atom stereocenters. The van der Waals surface area contributed by atoms with Gasteiger partial charge in [-0.3, -0.25) is 10.1 Å². The molecule has 0 amide bonds. The molecule has 0 fully saturated rings. The molecule has 0 aliphatic carbocycles. The Morgan fingerprint density at radius 2 is 2.05 bits per heavy atom. The first-order valence-corrected chi connectivity index (χ1v) is 6.19. The molecule has 0 radical (unpaired) electrons. The van der Waals surface area contributed by atoms with E-state index >= 15 is 0 Å². The number of nitro benzene ring substituents is 1. The fourth-order valence-corrected chi connectivity index (χ4v) is 2.04. The van der Waals surface area contributed by atoms with Gasteiger partial charge in [-0.2, -0.15) is 0 Å². The molecule has 21 heavy (non-hydrogen) atoms. The van der Waals surface area contributed by atoms with Gasteiger partial charge in [0.25, 0.3) is 0 Å². The van der Waals surface area contributed by atoms with Crippen LogP contribution in [0.4, 0.5) is 11.4 Å². The highest BCUT2D eigenvalue weighted by molar-refractivity contribution is 5.65. The molecular formula is C14H12N2O5. The maximum Gasteiger partial charge on any atom is 0.333 e. The summed E-state index contributed by atoms with van der Waals surface area (Å²) in [5.41, 5.74) is 6.27. The Morgan fingerprint density at radius 3 is 2.86 bits per heavy atom. The summed E-state index contributed by atoms with van der Waals surface area (Å²) in [4.78, 5) is 10.5. The summed E-state index contributed by atoms with van der Waals surface area (Å²) in [6.45, 7) is 0.362. The van der Waals surface area contributed by atoms with E-state index in [1.165, 1.54) is 12.1 Å². The second-order valence-corrected chi connectivity index (χ2v) is 4.43. The SMILES string of the molecule is Nc1cccc(OCc2ccc3c(c2)OCO3)c1[N+](=O)[O-]. The Labute approximate surface area is 120 Å². The first-order chi connectivity index (χ1) is 10.1. The van der Waals surface area contributed by atoms with E-state index in [4.69, 9.17) is 19.9 Å². The second kappa shape index (κ2) is 5.20. The molecule has 0 spiro atoms. The predicted molar refractivity (Wildman–Crippen MR) is 74.4 cm³/mol. The molecule has 0 saturated carbocycles. The number of hydrogen-bond donors (Lipinski definition) is 1. The number of nitrogens with zero attached hydrogens (tertiary/aromatic N) is 1. The molecule has 2 aromatic rings. The monoisotopic (exact) mass is 288 g/mol. The lowest BCUT2D eigenvalue weighted by atomic mass is 10.2. The molecule has 1 aliphatic rings. The van der Waals surface area contributed by atoms with E-state index in [-0.39, 0.29) is 30.5 Å². The number of ether oxygens (including phenoxy) is 3. The van der Waals surface area contributed by atoms with Crippen LogP contribution in [-0.4, -0.2) is 11.7 Å². The van der Waals surface area contributed by atoms with Crippen LogP contribution in [0.15, 0.2) is 36.4 Å². The molecule has 2 N–H and O–H groups in total. The Morgan fingerprint density at radius 1 is 1.24 bits per heavy atom. The van der Waals surface area contributed by atoms with Crippen LogP contribution >= 0.6 is 0 Å². The van der Waals surface area contributed by atoms with Crippen LogP contribution in [0.1, 0.15) is 5.56 Å². The molecule has 0 aromatic heterocycles. The third-order valence-electron chi connectivity index (χ3n) is 3.04. The van der Waals surface area contributed by atoms with Crippen LogP contribution < -0.4 is 19.9 Å². The van der Waals surface area contributed by atoms with E-state index in [0.29, 0.717) is 11.5 Å². The summed E-state index contributed by atoms with van der Waals surface area (Å²) in [5, 5.41) is 11.0. The van der Waals surface area contributed by atoms with Crippen LogP contribution in [0.3, 0.4) is 0 Å². The van der Waals surface area contributed by atoms with E-state index in [2.05, 4.69) is 0 Å². The lowest BCUT2D eigenvalue weighted by molar-refractivity contribution is -0.385. The molecule has 3 rings (SSSR count). The van der Waals surface area contributed by atoms with Gasteiger partial charge in [0.15, 0.2) is 17.2 Å². The molecule has 1 aliphatic heterocycles. The third kappa shape index (κ3) is 2.53. The van der Waals surface area contributed by atoms with Crippen molar-refractivity contribution in [3.63, 3.8) is 0 Å². The van der Waals surface area contributed by atoms with Crippen molar-refractivity contribution in [1.29, 1.82) is 0 Å². The van der Waals surface area contributed by atoms with Gasteiger partial charge in [-0.1, -0.05) is 12.1 Å². The number of anilines is 1. The molecule has 7 nitrogen and oxygen atoms in total. The number of hydrogen-bond acceptors (Lipinski definition) is 6. The minimum atomic E-state index is -0.551. The van der Waals surface area contributed by atoms with Crippen molar-refractivity contribution < 1.29 is 19.1 Å². The highest BCUT2D eigenvalue weighted by Crippen LogP contribution is 2.35. The quantitative estimate of drug-likeness (QED) is 0.527. The van der Waals surface area contributed by atoms with Crippen LogP contribution in [0.25, 0.3) is 0 Å². The zero-order chi connectivity index (χ0) is 14.8. The average molecular weight is 288 g/mol. The number of fused-ring (bicyclic) bond motifs is 1. The lowest BCUT2D eigenvalue weighted by Crippen LogP contribution is -2.02. The van der Waals surface area contributed by atoms with Crippen molar-refractivity contribution in [2.24, 2.45) is 0 Å². The van der Waals surface area contributed by atoms with Gasteiger partial charge in [0.1, 0.15) is 12.3 Å². The van der Waals surface area contributed by atoms with Gasteiger partial charge in [0.05, 0.1) is 4.92 Å². The highest BCUT2D eigenvalue weighted by Gasteiger charge is 2.19. The van der Waals surface area contributed by atoms with Gasteiger partial charge in [0.2, 0.25) is 6.79 Å². The number of benzene rings is 2. The van der Waals surface area contributed by atoms with Crippen LogP contribution in [0.5, 0.6) is 17.2 Å². The lowest BCUT2D eigenvalue weighted by Gasteiger charge is -2.08. The molecule has 0 atom stereocenters. The van der Waals surface area contributed by atoms with Gasteiger partial charge in [-0.25, -0.2) is 0 Å². The third-order valence-corrected chi connectivity index (χ3v) is 3.04. The minimum absolute atomic E-state index is 0.0724. The molecular weight excluding hydrogens is 276 g/mol. The summed E-state index contributed by atoms with van der Waals surface area (Å²) in [5.74, 6) is 1.45. The maximum absolute atomic E-state index is 11.0. The minimum Gasteiger partial charge on any atom is -0.482 e. The van der Waals surface area contributed by atoms with Gasteiger partial charge in [-0.05, 0) is 29.8 Å². The van der Waals surface area contributed by atoms with E-state index < -0.39 is 4.92 Å². The van der Waals surface area contributed by atoms with E-state index in [9.17, 15) is 10.1 Å². The number of nitro groups is 1. The fourth-order valence-electron chi connectivity index (χ4n) is 2.04. The molecule has 108 valence electrons. The van der Waals surface area contributed by atoms with Crippen molar-refractivity contribution in [3.8, 4) is 17.2 Å². The van der Waals surface area contributed by atoms with Crippen LogP contribution in [0, 0.1) is 10.1 Å². The molecule has 0 saturated heterocycles. The molecule has 7 heteroatoms. The largest absolute Gasteiger partial charge is 0.482 e. The Balaban J connectivity index is 1.79. The van der Waals surface area contributed by atoms with Gasteiger partial charge < -0.3 is 19.9 Å². The smallest absolute Gasteiger partial charge is 0.333 e. The zero-order valence-electron chi connectivity index (χ0n) is 10.9. The molecule has 0 bridgehead atoms. The van der Waals surface area contributed by atoms with Crippen molar-refractivity contribution in [2.75, 3.05) is 12.5 Å². The summed E-state index contributed by atoms with van der Waals surface area (Å²) < 4.78 is 16.0. The standard InChI is InChI=1S/C14H12N2O5/c15-10-2-1-3-12(14(10)16(17)18)19-7-9-4-5-11-13(6-9)21-8-20-11/h1-6H,7-8,15H2. The topological polar surface area (TPSA) is 96.9 Å². The number of nitrogen functional groups attached to an aromatic ring is 1. The first-order valence-electron chi connectivity index (χ1n) is 6.19. The van der Waals surface area contributed by atoms with Gasteiger partial charge in [-0.15, -0.1) is 0 Å². The average Bonchev–Trinajstić information content (AvgIpc) is 2.92. The van der Waals surface area contributed by atoms with E-state index in [1.54, 1.807) is 18.2 Å². The summed E-state index contributed by atoms with van der Waals surface area (Å²) in [6.07, 6.45) is 0. The highest BCUT2D eigenvalue weighted by atomic mass is 16.7. The Kier molecular flexibility index (Phi) is 3.23. The maximum atomic E-state index is 11.0. The van der Waals surface area contributed by atoms with Crippen LogP contribution in [0.2, 0.25) is 0 Å². The Bertz CT molecular complexity index is 702.